The Labute approximate surface area is 121 Å². The first-order chi connectivity index (χ1) is 9.51. The minimum atomic E-state index is -0.509. The maximum atomic E-state index is 10.0. The number of aliphatic hydroxyl groups excluding tert-OH is 1. The highest BCUT2D eigenvalue weighted by molar-refractivity contribution is 5.05. The van der Waals surface area contributed by atoms with E-state index in [2.05, 4.69) is 4.90 Å². The lowest BCUT2D eigenvalue weighted by molar-refractivity contribution is -0.0129. The molecule has 1 heterocycles. The SMILES string of the molecule is COCCN(Cc1ccc(C)o1)CC(O)COC(C)C. The number of furan rings is 1. The van der Waals surface area contributed by atoms with Crippen LogP contribution in [0.15, 0.2) is 16.5 Å². The quantitative estimate of drug-likeness (QED) is 0.710. The molecule has 116 valence electrons. The molecule has 5 nitrogen and oxygen atoms in total. The summed E-state index contributed by atoms with van der Waals surface area (Å²) in [5.74, 6) is 1.80. The van der Waals surface area contributed by atoms with Gasteiger partial charge in [0, 0.05) is 20.2 Å². The zero-order chi connectivity index (χ0) is 15.0. The van der Waals surface area contributed by atoms with Crippen molar-refractivity contribution < 1.29 is 19.0 Å². The first kappa shape index (κ1) is 17.2. The van der Waals surface area contributed by atoms with Gasteiger partial charge in [0.05, 0.1) is 32.0 Å². The predicted molar refractivity (Wildman–Crippen MR) is 77.7 cm³/mol. The van der Waals surface area contributed by atoms with Crippen LogP contribution in [0, 0.1) is 6.92 Å². The summed E-state index contributed by atoms with van der Waals surface area (Å²) < 4.78 is 16.1. The monoisotopic (exact) mass is 285 g/mol. The molecule has 0 saturated carbocycles. The number of aryl methyl sites for hydroxylation is 1. The number of aliphatic hydroxyl groups is 1. The number of nitrogens with zero attached hydrogens (tertiary/aromatic N) is 1. The molecule has 0 bridgehead atoms. The van der Waals surface area contributed by atoms with Crippen LogP contribution in [0.1, 0.15) is 25.4 Å². The van der Waals surface area contributed by atoms with Crippen LogP contribution in [0.5, 0.6) is 0 Å². The van der Waals surface area contributed by atoms with Gasteiger partial charge in [-0.05, 0) is 32.9 Å². The van der Waals surface area contributed by atoms with Crippen LogP contribution >= 0.6 is 0 Å². The van der Waals surface area contributed by atoms with Crippen LogP contribution in [-0.4, -0.2) is 55.6 Å². The van der Waals surface area contributed by atoms with Crippen molar-refractivity contribution >= 4 is 0 Å². The van der Waals surface area contributed by atoms with Crippen molar-refractivity contribution in [1.29, 1.82) is 0 Å². The van der Waals surface area contributed by atoms with E-state index < -0.39 is 6.10 Å². The van der Waals surface area contributed by atoms with Crippen LogP contribution in [0.2, 0.25) is 0 Å². The molecule has 1 aromatic heterocycles. The maximum Gasteiger partial charge on any atom is 0.118 e. The van der Waals surface area contributed by atoms with Crippen LogP contribution in [0.3, 0.4) is 0 Å². The molecule has 5 heteroatoms. The average Bonchev–Trinajstić information content (AvgIpc) is 2.79. The molecule has 1 aromatic rings. The Morgan fingerprint density at radius 3 is 2.65 bits per heavy atom. The average molecular weight is 285 g/mol. The first-order valence-corrected chi connectivity index (χ1v) is 7.07. The molecule has 0 amide bonds. The molecule has 0 spiro atoms. The molecule has 1 N–H and O–H groups in total. The van der Waals surface area contributed by atoms with Crippen molar-refractivity contribution in [3.8, 4) is 0 Å². The van der Waals surface area contributed by atoms with E-state index in [1.807, 2.05) is 32.9 Å². The van der Waals surface area contributed by atoms with E-state index >= 15 is 0 Å². The molecule has 0 fully saturated rings. The number of hydrogen-bond donors (Lipinski definition) is 1. The minimum Gasteiger partial charge on any atom is -0.465 e. The second kappa shape index (κ2) is 9.13. The van der Waals surface area contributed by atoms with Crippen molar-refractivity contribution in [1.82, 2.24) is 4.90 Å². The van der Waals surface area contributed by atoms with Crippen LogP contribution < -0.4 is 0 Å². The smallest absolute Gasteiger partial charge is 0.118 e. The highest BCUT2D eigenvalue weighted by Gasteiger charge is 2.14. The molecule has 1 unspecified atom stereocenters. The van der Waals surface area contributed by atoms with E-state index in [0.29, 0.717) is 26.3 Å². The lowest BCUT2D eigenvalue weighted by atomic mass is 10.3. The molecule has 0 aromatic carbocycles. The van der Waals surface area contributed by atoms with E-state index in [-0.39, 0.29) is 6.10 Å². The van der Waals surface area contributed by atoms with Gasteiger partial charge in [0.25, 0.3) is 0 Å². The third-order valence-corrected chi connectivity index (χ3v) is 2.88. The van der Waals surface area contributed by atoms with Gasteiger partial charge in [0.15, 0.2) is 0 Å². The molecule has 0 radical (unpaired) electrons. The van der Waals surface area contributed by atoms with Gasteiger partial charge in [0.1, 0.15) is 11.5 Å². The number of ether oxygens (including phenoxy) is 2. The van der Waals surface area contributed by atoms with E-state index in [1.54, 1.807) is 7.11 Å². The third-order valence-electron chi connectivity index (χ3n) is 2.88. The molecule has 0 aliphatic heterocycles. The van der Waals surface area contributed by atoms with E-state index in [0.717, 1.165) is 18.1 Å². The van der Waals surface area contributed by atoms with E-state index in [4.69, 9.17) is 13.9 Å². The van der Waals surface area contributed by atoms with Crippen molar-refractivity contribution in [2.75, 3.05) is 33.4 Å². The van der Waals surface area contributed by atoms with Gasteiger partial charge in [0.2, 0.25) is 0 Å². The van der Waals surface area contributed by atoms with Crippen molar-refractivity contribution in [3.05, 3.63) is 23.7 Å². The summed E-state index contributed by atoms with van der Waals surface area (Å²) in [4.78, 5) is 2.11. The predicted octanol–water partition coefficient (Wildman–Crippen LogP) is 1.82. The summed E-state index contributed by atoms with van der Waals surface area (Å²) >= 11 is 0. The fourth-order valence-electron chi connectivity index (χ4n) is 1.90. The fourth-order valence-corrected chi connectivity index (χ4v) is 1.90. The normalized spacial score (nSPS) is 13.3. The zero-order valence-electron chi connectivity index (χ0n) is 13.0. The van der Waals surface area contributed by atoms with Gasteiger partial charge < -0.3 is 19.0 Å². The van der Waals surface area contributed by atoms with Gasteiger partial charge in [-0.2, -0.15) is 0 Å². The van der Waals surface area contributed by atoms with Crippen molar-refractivity contribution in [2.24, 2.45) is 0 Å². The summed E-state index contributed by atoms with van der Waals surface area (Å²) in [6, 6.07) is 3.91. The molecule has 0 aliphatic rings. The maximum absolute atomic E-state index is 10.0. The third kappa shape index (κ3) is 7.05. The molecular weight excluding hydrogens is 258 g/mol. The Hall–Kier alpha value is -0.880. The summed E-state index contributed by atoms with van der Waals surface area (Å²) in [6.45, 7) is 8.76. The second-order valence-corrected chi connectivity index (χ2v) is 5.28. The number of methoxy groups -OCH3 is 1. The summed E-state index contributed by atoms with van der Waals surface area (Å²) in [6.07, 6.45) is -0.380. The Bertz CT molecular complexity index is 365. The molecule has 0 saturated heterocycles. The highest BCUT2D eigenvalue weighted by Crippen LogP contribution is 2.10. The lowest BCUT2D eigenvalue weighted by Crippen LogP contribution is -2.37. The van der Waals surface area contributed by atoms with Crippen LogP contribution in [0.4, 0.5) is 0 Å². The van der Waals surface area contributed by atoms with Crippen LogP contribution in [-0.2, 0) is 16.0 Å². The van der Waals surface area contributed by atoms with E-state index in [1.165, 1.54) is 0 Å². The molecule has 20 heavy (non-hydrogen) atoms. The van der Waals surface area contributed by atoms with Gasteiger partial charge in [-0.25, -0.2) is 0 Å². The molecule has 1 rings (SSSR count). The summed E-state index contributed by atoms with van der Waals surface area (Å²) in [5, 5.41) is 10.0. The highest BCUT2D eigenvalue weighted by atomic mass is 16.5. The first-order valence-electron chi connectivity index (χ1n) is 7.07. The zero-order valence-corrected chi connectivity index (χ0v) is 13.0. The largest absolute Gasteiger partial charge is 0.465 e. The Balaban J connectivity index is 2.46. The number of rotatable bonds is 10. The van der Waals surface area contributed by atoms with Gasteiger partial charge in [-0.15, -0.1) is 0 Å². The second-order valence-electron chi connectivity index (χ2n) is 5.28. The van der Waals surface area contributed by atoms with Crippen molar-refractivity contribution in [2.45, 2.75) is 39.5 Å². The Kier molecular flexibility index (Phi) is 7.84. The summed E-state index contributed by atoms with van der Waals surface area (Å²) in [7, 11) is 1.67. The molecular formula is C15H27NO4. The Morgan fingerprint density at radius 1 is 1.35 bits per heavy atom. The number of hydrogen-bond acceptors (Lipinski definition) is 5. The van der Waals surface area contributed by atoms with E-state index in [9.17, 15) is 5.11 Å². The molecule has 1 atom stereocenters. The van der Waals surface area contributed by atoms with Gasteiger partial charge >= 0.3 is 0 Å². The standard InChI is InChI=1S/C15H27NO4/c1-12(2)19-11-14(17)9-16(7-8-18-4)10-15-6-5-13(3)20-15/h5-6,12,14,17H,7-11H2,1-4H3. The van der Waals surface area contributed by atoms with Gasteiger partial charge in [-0.3, -0.25) is 4.90 Å². The Morgan fingerprint density at radius 2 is 2.10 bits per heavy atom. The van der Waals surface area contributed by atoms with Crippen LogP contribution in [0.25, 0.3) is 0 Å². The van der Waals surface area contributed by atoms with Gasteiger partial charge in [-0.1, -0.05) is 0 Å². The minimum absolute atomic E-state index is 0.129. The topological polar surface area (TPSA) is 55.1 Å². The van der Waals surface area contributed by atoms with Crippen molar-refractivity contribution in [3.63, 3.8) is 0 Å². The fraction of sp³-hybridized carbons (Fsp3) is 0.733. The summed E-state index contributed by atoms with van der Waals surface area (Å²) in [5.41, 5.74) is 0. The lowest BCUT2D eigenvalue weighted by Gasteiger charge is -2.24. The molecule has 0 aliphatic carbocycles.